The van der Waals surface area contributed by atoms with Crippen LogP contribution in [0.1, 0.15) is 31.3 Å². The van der Waals surface area contributed by atoms with Crippen LogP contribution in [0.3, 0.4) is 0 Å². The second kappa shape index (κ2) is 7.33. The maximum Gasteiger partial charge on any atom is 0.221 e. The molecule has 3 N–H and O–H groups in total. The molecule has 2 atom stereocenters. The molecule has 0 aliphatic heterocycles. The molecule has 112 valence electrons. The summed E-state index contributed by atoms with van der Waals surface area (Å²) in [5.41, 5.74) is 7.01. The molecule has 1 aromatic heterocycles. The van der Waals surface area contributed by atoms with E-state index in [1.165, 1.54) is 6.92 Å². The lowest BCUT2D eigenvalue weighted by Gasteiger charge is -2.20. The summed E-state index contributed by atoms with van der Waals surface area (Å²) in [6.45, 7) is 3.57. The van der Waals surface area contributed by atoms with Crippen LogP contribution in [0.5, 0.6) is 0 Å². The highest BCUT2D eigenvalue weighted by atomic mass is 32.2. The Morgan fingerprint density at radius 3 is 2.57 bits per heavy atom. The monoisotopic (exact) mass is 304 g/mol. The van der Waals surface area contributed by atoms with Gasteiger partial charge in [0.2, 0.25) is 5.91 Å². The van der Waals surface area contributed by atoms with Crippen LogP contribution in [0.25, 0.3) is 0 Å². The van der Waals surface area contributed by atoms with Gasteiger partial charge in [0, 0.05) is 23.5 Å². The average molecular weight is 304 g/mol. The molecule has 0 fully saturated rings. The molecule has 1 amide bonds. The molecule has 0 saturated heterocycles. The van der Waals surface area contributed by atoms with Gasteiger partial charge < -0.3 is 15.5 Å². The van der Waals surface area contributed by atoms with Gasteiger partial charge in [0.25, 0.3) is 0 Å². The predicted octanol–water partition coefficient (Wildman–Crippen LogP) is 3.81. The summed E-state index contributed by atoms with van der Waals surface area (Å²) >= 11 is 1.68. The maximum absolute atomic E-state index is 11.0. The fraction of sp³-hybridized carbons (Fsp3) is 0.312. The highest BCUT2D eigenvalue weighted by Crippen LogP contribution is 2.38. The third-order valence-electron chi connectivity index (χ3n) is 3.12. The fourth-order valence-corrected chi connectivity index (χ4v) is 3.19. The summed E-state index contributed by atoms with van der Waals surface area (Å²) < 4.78 is 5.51. The van der Waals surface area contributed by atoms with Crippen LogP contribution in [0.2, 0.25) is 0 Å². The molecule has 2 unspecified atom stereocenters. The van der Waals surface area contributed by atoms with E-state index in [9.17, 15) is 4.79 Å². The Hall–Kier alpha value is -1.72. The zero-order valence-corrected chi connectivity index (χ0v) is 13.0. The molecule has 1 aromatic carbocycles. The minimum Gasteiger partial charge on any atom is -0.468 e. The first kappa shape index (κ1) is 15.7. The summed E-state index contributed by atoms with van der Waals surface area (Å²) in [5.74, 6) is 0.817. The third kappa shape index (κ3) is 4.37. The normalized spacial score (nSPS) is 13.7. The lowest BCUT2D eigenvalue weighted by atomic mass is 10.1. The molecular formula is C16H20N2O2S. The van der Waals surface area contributed by atoms with Crippen molar-refractivity contribution in [1.82, 2.24) is 0 Å². The minimum absolute atomic E-state index is 0.0242. The molecule has 21 heavy (non-hydrogen) atoms. The molecule has 1 heterocycles. The van der Waals surface area contributed by atoms with Crippen molar-refractivity contribution in [2.45, 2.75) is 36.5 Å². The summed E-state index contributed by atoms with van der Waals surface area (Å²) in [5, 5.41) is 2.84. The van der Waals surface area contributed by atoms with Gasteiger partial charge in [-0.05, 0) is 42.8 Å². The number of anilines is 1. The van der Waals surface area contributed by atoms with Crippen molar-refractivity contribution < 1.29 is 9.21 Å². The van der Waals surface area contributed by atoms with Gasteiger partial charge in [0.1, 0.15) is 5.76 Å². The quantitative estimate of drug-likeness (QED) is 0.796. The number of rotatable bonds is 6. The van der Waals surface area contributed by atoms with Crippen molar-refractivity contribution >= 4 is 23.4 Å². The molecule has 0 aliphatic carbocycles. The van der Waals surface area contributed by atoms with Gasteiger partial charge in [-0.25, -0.2) is 0 Å². The second-order valence-corrected chi connectivity index (χ2v) is 6.05. The fourth-order valence-electron chi connectivity index (χ4n) is 1.99. The average Bonchev–Trinajstić information content (AvgIpc) is 2.99. The number of nitrogens with two attached hydrogens (primary N) is 1. The SMILES string of the molecule is CCC(N)C(Sc1ccc(NC(C)=O)cc1)c1ccco1. The van der Waals surface area contributed by atoms with Crippen molar-refractivity contribution in [3.05, 3.63) is 48.4 Å². The first-order valence-corrected chi connectivity index (χ1v) is 7.81. The number of nitrogens with one attached hydrogen (secondary N) is 1. The Morgan fingerprint density at radius 2 is 2.05 bits per heavy atom. The van der Waals surface area contributed by atoms with Crippen LogP contribution in [0.15, 0.2) is 52.0 Å². The molecule has 0 saturated carbocycles. The smallest absolute Gasteiger partial charge is 0.221 e. The van der Waals surface area contributed by atoms with E-state index in [2.05, 4.69) is 12.2 Å². The van der Waals surface area contributed by atoms with E-state index in [0.717, 1.165) is 22.8 Å². The topological polar surface area (TPSA) is 68.3 Å². The van der Waals surface area contributed by atoms with E-state index in [1.54, 1.807) is 18.0 Å². The van der Waals surface area contributed by atoms with Crippen molar-refractivity contribution in [1.29, 1.82) is 0 Å². The Bertz CT molecular complexity index is 566. The highest BCUT2D eigenvalue weighted by Gasteiger charge is 2.22. The number of hydrogen-bond acceptors (Lipinski definition) is 4. The summed E-state index contributed by atoms with van der Waals surface area (Å²) in [6.07, 6.45) is 2.55. The van der Waals surface area contributed by atoms with Crippen LogP contribution in [-0.4, -0.2) is 11.9 Å². The van der Waals surface area contributed by atoms with Gasteiger partial charge in [-0.1, -0.05) is 6.92 Å². The number of benzene rings is 1. The van der Waals surface area contributed by atoms with Crippen LogP contribution in [0.4, 0.5) is 5.69 Å². The van der Waals surface area contributed by atoms with Gasteiger partial charge in [-0.3, -0.25) is 4.79 Å². The largest absolute Gasteiger partial charge is 0.468 e. The van der Waals surface area contributed by atoms with Gasteiger partial charge in [-0.2, -0.15) is 0 Å². The van der Waals surface area contributed by atoms with Crippen molar-refractivity contribution in [3.8, 4) is 0 Å². The van der Waals surface area contributed by atoms with Crippen molar-refractivity contribution in [3.63, 3.8) is 0 Å². The zero-order valence-electron chi connectivity index (χ0n) is 12.2. The summed E-state index contributed by atoms with van der Waals surface area (Å²) in [6, 6.07) is 11.6. The number of carbonyl (C=O) groups excluding carboxylic acids is 1. The molecule has 0 bridgehead atoms. The number of carbonyl (C=O) groups is 1. The predicted molar refractivity (Wildman–Crippen MR) is 86.3 cm³/mol. The molecule has 0 aliphatic rings. The highest BCUT2D eigenvalue weighted by molar-refractivity contribution is 7.99. The third-order valence-corrected chi connectivity index (χ3v) is 4.50. The standard InChI is InChI=1S/C16H20N2O2S/c1-3-14(17)16(15-5-4-10-20-15)21-13-8-6-12(7-9-13)18-11(2)19/h4-10,14,16H,3,17H2,1-2H3,(H,18,19). The van der Waals surface area contributed by atoms with E-state index in [4.69, 9.17) is 10.2 Å². The van der Waals surface area contributed by atoms with Gasteiger partial charge >= 0.3 is 0 Å². The number of thioether (sulfide) groups is 1. The molecule has 2 aromatic rings. The second-order valence-electron chi connectivity index (χ2n) is 4.83. The van der Waals surface area contributed by atoms with Crippen LogP contribution in [0, 0.1) is 0 Å². The molecule has 0 spiro atoms. The van der Waals surface area contributed by atoms with Crippen molar-refractivity contribution in [2.75, 3.05) is 5.32 Å². The van der Waals surface area contributed by atoms with Crippen molar-refractivity contribution in [2.24, 2.45) is 5.73 Å². The van der Waals surface area contributed by atoms with E-state index < -0.39 is 0 Å². The van der Waals surface area contributed by atoms with Crippen LogP contribution < -0.4 is 11.1 Å². The summed E-state index contributed by atoms with van der Waals surface area (Å²) in [7, 11) is 0. The molecule has 5 heteroatoms. The lowest BCUT2D eigenvalue weighted by molar-refractivity contribution is -0.114. The number of hydrogen-bond donors (Lipinski definition) is 2. The Balaban J connectivity index is 2.11. The molecule has 0 radical (unpaired) electrons. The molecular weight excluding hydrogens is 284 g/mol. The number of amides is 1. The Kier molecular flexibility index (Phi) is 5.47. The van der Waals surface area contributed by atoms with Gasteiger partial charge in [-0.15, -0.1) is 11.8 Å². The minimum atomic E-state index is -0.0723. The Morgan fingerprint density at radius 1 is 1.33 bits per heavy atom. The Labute approximate surface area is 129 Å². The van der Waals surface area contributed by atoms with E-state index in [0.29, 0.717) is 0 Å². The van der Waals surface area contributed by atoms with Crippen LogP contribution >= 0.6 is 11.8 Å². The van der Waals surface area contributed by atoms with Gasteiger partial charge in [0.15, 0.2) is 0 Å². The maximum atomic E-state index is 11.0. The first-order chi connectivity index (χ1) is 10.1. The van der Waals surface area contributed by atoms with Gasteiger partial charge in [0.05, 0.1) is 11.5 Å². The van der Waals surface area contributed by atoms with E-state index in [-0.39, 0.29) is 17.2 Å². The zero-order chi connectivity index (χ0) is 15.2. The first-order valence-electron chi connectivity index (χ1n) is 6.93. The van der Waals surface area contributed by atoms with E-state index in [1.807, 2.05) is 36.4 Å². The molecule has 2 rings (SSSR count). The summed E-state index contributed by atoms with van der Waals surface area (Å²) in [4.78, 5) is 12.1. The van der Waals surface area contributed by atoms with E-state index >= 15 is 0 Å². The lowest BCUT2D eigenvalue weighted by Crippen LogP contribution is -2.25. The number of furan rings is 1. The molecule has 4 nitrogen and oxygen atoms in total. The van der Waals surface area contributed by atoms with Crippen LogP contribution in [-0.2, 0) is 4.79 Å².